The number of hydrogen-bond donors (Lipinski definition) is 0. The predicted octanol–water partition coefficient (Wildman–Crippen LogP) is 9.09. The van der Waals surface area contributed by atoms with E-state index >= 15 is 0 Å². The van der Waals surface area contributed by atoms with Crippen LogP contribution in [0.25, 0.3) is 0 Å². The van der Waals surface area contributed by atoms with Crippen molar-refractivity contribution in [2.24, 2.45) is 11.8 Å². The summed E-state index contributed by atoms with van der Waals surface area (Å²) >= 11 is 0. The Kier molecular flexibility index (Phi) is 10.0. The van der Waals surface area contributed by atoms with Crippen molar-refractivity contribution in [3.05, 3.63) is 46.6 Å². The molecule has 2 rings (SSSR count). The molecule has 0 spiro atoms. The monoisotopic (exact) mass is 442 g/mol. The summed E-state index contributed by atoms with van der Waals surface area (Å²) in [6, 6.07) is 0. The van der Waals surface area contributed by atoms with E-state index in [0.29, 0.717) is 11.8 Å². The van der Waals surface area contributed by atoms with Gasteiger partial charge in [0.1, 0.15) is 0 Å². The molecule has 0 radical (unpaired) electrons. The van der Waals surface area contributed by atoms with Crippen molar-refractivity contribution in [3.63, 3.8) is 0 Å². The summed E-state index contributed by atoms with van der Waals surface area (Å²) in [6.45, 7) is 20.1. The molecule has 0 aromatic rings. The molecule has 2 atom stereocenters. The van der Waals surface area contributed by atoms with Gasteiger partial charge in [-0.15, -0.1) is 0 Å². The van der Waals surface area contributed by atoms with E-state index in [9.17, 15) is 0 Å². The van der Waals surface area contributed by atoms with E-state index in [0.717, 1.165) is 25.7 Å². The van der Waals surface area contributed by atoms with Gasteiger partial charge in [-0.05, 0) is 132 Å². The minimum absolute atomic E-state index is 0.225. The molecule has 0 bridgehead atoms. The third-order valence-electron chi connectivity index (χ3n) is 7.59. The first-order valence-corrected chi connectivity index (χ1v) is 12.9. The quantitative estimate of drug-likeness (QED) is 0.248. The molecule has 0 heterocycles. The topological polar surface area (TPSA) is 18.5 Å². The summed E-state index contributed by atoms with van der Waals surface area (Å²) in [5.74, 6) is 1.06. The fourth-order valence-corrected chi connectivity index (χ4v) is 4.98. The van der Waals surface area contributed by atoms with Gasteiger partial charge in [-0.25, -0.2) is 0 Å². The molecular formula is C30H50O2. The summed E-state index contributed by atoms with van der Waals surface area (Å²) in [6.07, 6.45) is 18.1. The smallest absolute Gasteiger partial charge is 0.178 e. The van der Waals surface area contributed by atoms with E-state index in [2.05, 4.69) is 86.6 Å². The SMILES string of the molecule is CC(C)=CCC/C(C)=C\C(OC(C)(C)[C@@H]1CC=C(C)CC1)OC(C)(C)[C@@H]1CC=C(C)CC1. The number of allylic oxidation sites excluding steroid dienone is 7. The lowest BCUT2D eigenvalue weighted by Gasteiger charge is -2.42. The Bertz CT molecular complexity index is 684. The number of hydrogen-bond acceptors (Lipinski definition) is 2. The molecule has 0 aromatic carbocycles. The van der Waals surface area contributed by atoms with Crippen molar-refractivity contribution in [3.8, 4) is 0 Å². The van der Waals surface area contributed by atoms with E-state index < -0.39 is 0 Å². The molecule has 0 saturated carbocycles. The first-order valence-electron chi connectivity index (χ1n) is 12.9. The van der Waals surface area contributed by atoms with E-state index in [1.807, 2.05) is 0 Å². The second-order valence-corrected chi connectivity index (χ2v) is 11.7. The second-order valence-electron chi connectivity index (χ2n) is 11.7. The van der Waals surface area contributed by atoms with E-state index in [4.69, 9.17) is 9.47 Å². The van der Waals surface area contributed by atoms with Gasteiger partial charge in [0.25, 0.3) is 0 Å². The molecule has 0 unspecified atom stereocenters. The molecule has 0 saturated heterocycles. The zero-order chi connectivity index (χ0) is 23.9. The lowest BCUT2D eigenvalue weighted by molar-refractivity contribution is -0.243. The zero-order valence-corrected chi connectivity index (χ0v) is 22.5. The average molecular weight is 443 g/mol. The van der Waals surface area contributed by atoms with Crippen LogP contribution in [0.15, 0.2) is 46.6 Å². The van der Waals surface area contributed by atoms with E-state index in [1.165, 1.54) is 48.0 Å². The minimum Gasteiger partial charge on any atom is -0.343 e. The highest BCUT2D eigenvalue weighted by Crippen LogP contribution is 2.38. The minimum atomic E-state index is -0.314. The highest BCUT2D eigenvalue weighted by molar-refractivity contribution is 5.08. The molecule has 0 fully saturated rings. The molecule has 182 valence electrons. The van der Waals surface area contributed by atoms with Gasteiger partial charge in [-0.2, -0.15) is 0 Å². The first-order chi connectivity index (χ1) is 14.9. The maximum absolute atomic E-state index is 6.80. The molecule has 0 aliphatic heterocycles. The molecule has 0 N–H and O–H groups in total. The Hall–Kier alpha value is -1.12. The van der Waals surface area contributed by atoms with Crippen LogP contribution in [0.3, 0.4) is 0 Å². The van der Waals surface area contributed by atoms with Gasteiger partial charge >= 0.3 is 0 Å². The second kappa shape index (κ2) is 11.8. The Labute approximate surface area is 199 Å². The summed E-state index contributed by atoms with van der Waals surface area (Å²) in [4.78, 5) is 0. The molecular weight excluding hydrogens is 392 g/mol. The third kappa shape index (κ3) is 8.67. The molecule has 2 aliphatic rings. The number of rotatable bonds is 10. The Morgan fingerprint density at radius 1 is 0.906 bits per heavy atom. The number of ether oxygens (including phenoxy) is 2. The van der Waals surface area contributed by atoms with Crippen molar-refractivity contribution in [1.82, 2.24) is 0 Å². The fraction of sp³-hybridized carbons (Fsp3) is 0.733. The van der Waals surface area contributed by atoms with Crippen LogP contribution in [0.5, 0.6) is 0 Å². The molecule has 2 nitrogen and oxygen atoms in total. The highest BCUT2D eigenvalue weighted by atomic mass is 16.7. The Morgan fingerprint density at radius 2 is 1.38 bits per heavy atom. The summed E-state index contributed by atoms with van der Waals surface area (Å²) < 4.78 is 13.6. The molecule has 0 aromatic heterocycles. The van der Waals surface area contributed by atoms with Crippen LogP contribution in [0.1, 0.15) is 114 Å². The largest absolute Gasteiger partial charge is 0.343 e. The van der Waals surface area contributed by atoms with Gasteiger partial charge in [-0.1, -0.05) is 40.5 Å². The van der Waals surface area contributed by atoms with E-state index in [1.54, 1.807) is 0 Å². The summed E-state index contributed by atoms with van der Waals surface area (Å²) in [5, 5.41) is 0. The maximum atomic E-state index is 6.80. The van der Waals surface area contributed by atoms with Crippen LogP contribution in [0.4, 0.5) is 0 Å². The third-order valence-corrected chi connectivity index (χ3v) is 7.59. The van der Waals surface area contributed by atoms with Crippen LogP contribution in [0.2, 0.25) is 0 Å². The van der Waals surface area contributed by atoms with Crippen LogP contribution in [-0.4, -0.2) is 17.5 Å². The van der Waals surface area contributed by atoms with Crippen molar-refractivity contribution in [2.45, 2.75) is 131 Å². The van der Waals surface area contributed by atoms with Crippen molar-refractivity contribution < 1.29 is 9.47 Å². The van der Waals surface area contributed by atoms with Gasteiger partial charge in [0.15, 0.2) is 6.29 Å². The standard InChI is InChI=1S/C30H50O2/c1-22(2)11-10-12-25(5)21-28(31-29(6,7)26-17-13-23(3)14-18-26)32-30(8,9)27-19-15-24(4)16-20-27/h11,13,15,21,26-28H,10,12,14,16-20H2,1-9H3/b25-21-/t26-,27-/m1/s1. The van der Waals surface area contributed by atoms with Gasteiger partial charge < -0.3 is 9.47 Å². The van der Waals surface area contributed by atoms with Crippen LogP contribution in [0, 0.1) is 11.8 Å². The molecule has 0 amide bonds. The summed E-state index contributed by atoms with van der Waals surface area (Å²) in [5.41, 5.74) is 5.31. The highest BCUT2D eigenvalue weighted by Gasteiger charge is 2.38. The maximum Gasteiger partial charge on any atom is 0.178 e. The zero-order valence-electron chi connectivity index (χ0n) is 22.5. The van der Waals surface area contributed by atoms with Gasteiger partial charge in [0.05, 0.1) is 11.2 Å². The van der Waals surface area contributed by atoms with Gasteiger partial charge in [0.2, 0.25) is 0 Å². The molecule has 2 heteroatoms. The van der Waals surface area contributed by atoms with Crippen molar-refractivity contribution >= 4 is 0 Å². The van der Waals surface area contributed by atoms with Crippen LogP contribution >= 0.6 is 0 Å². The van der Waals surface area contributed by atoms with Crippen molar-refractivity contribution in [2.75, 3.05) is 0 Å². The Balaban J connectivity index is 2.17. The van der Waals surface area contributed by atoms with Gasteiger partial charge in [0, 0.05) is 0 Å². The van der Waals surface area contributed by atoms with Gasteiger partial charge in [-0.3, -0.25) is 0 Å². The van der Waals surface area contributed by atoms with E-state index in [-0.39, 0.29) is 17.5 Å². The predicted molar refractivity (Wildman–Crippen MR) is 139 cm³/mol. The fourth-order valence-electron chi connectivity index (χ4n) is 4.98. The van der Waals surface area contributed by atoms with Crippen molar-refractivity contribution in [1.29, 1.82) is 0 Å². The lowest BCUT2D eigenvalue weighted by Crippen LogP contribution is -2.44. The van der Waals surface area contributed by atoms with Crippen LogP contribution in [-0.2, 0) is 9.47 Å². The van der Waals surface area contributed by atoms with Crippen LogP contribution < -0.4 is 0 Å². The Morgan fingerprint density at radius 3 is 1.75 bits per heavy atom. The molecule has 32 heavy (non-hydrogen) atoms. The summed E-state index contributed by atoms with van der Waals surface area (Å²) in [7, 11) is 0. The average Bonchev–Trinajstić information content (AvgIpc) is 2.67. The normalized spacial score (nSPS) is 23.1. The first kappa shape index (κ1) is 27.1. The lowest BCUT2D eigenvalue weighted by atomic mass is 9.79. The molecule has 2 aliphatic carbocycles.